The normalized spacial score (nSPS) is 17.6. The average Bonchev–Trinajstić information content (AvgIpc) is 2.48. The molecule has 0 amide bonds. The van der Waals surface area contributed by atoms with Crippen LogP contribution in [0.25, 0.3) is 0 Å². The zero-order valence-corrected chi connectivity index (χ0v) is 12.3. The minimum atomic E-state index is -0.410. The van der Waals surface area contributed by atoms with Crippen LogP contribution in [0, 0.1) is 15.9 Å². The van der Waals surface area contributed by atoms with Crippen LogP contribution >= 0.6 is 0 Å². The molecule has 5 nitrogen and oxygen atoms in total. The lowest BCUT2D eigenvalue weighted by Crippen LogP contribution is -2.45. The number of halogens is 1. The summed E-state index contributed by atoms with van der Waals surface area (Å²) in [5, 5.41) is 14.5. The highest BCUT2D eigenvalue weighted by atomic mass is 19.1. The van der Waals surface area contributed by atoms with Gasteiger partial charge >= 0.3 is 0 Å². The maximum atomic E-state index is 13.6. The van der Waals surface area contributed by atoms with Crippen LogP contribution in [0.3, 0.4) is 0 Å². The van der Waals surface area contributed by atoms with Gasteiger partial charge in [0.25, 0.3) is 5.69 Å². The van der Waals surface area contributed by atoms with Crippen molar-refractivity contribution in [3.05, 3.63) is 39.7 Å². The number of rotatable bonds is 6. The van der Waals surface area contributed by atoms with Crippen LogP contribution in [-0.2, 0) is 0 Å². The minimum absolute atomic E-state index is 0.0241. The van der Waals surface area contributed by atoms with Gasteiger partial charge in [-0.25, -0.2) is 4.39 Å². The van der Waals surface area contributed by atoms with Crippen LogP contribution in [0.5, 0.6) is 0 Å². The first-order chi connectivity index (χ1) is 10.1. The summed E-state index contributed by atoms with van der Waals surface area (Å²) >= 11 is 0. The Morgan fingerprint density at radius 2 is 2.14 bits per heavy atom. The molecule has 0 unspecified atom stereocenters. The molecule has 116 valence electrons. The Morgan fingerprint density at radius 3 is 2.76 bits per heavy atom. The van der Waals surface area contributed by atoms with Crippen LogP contribution in [-0.4, -0.2) is 36.0 Å². The Labute approximate surface area is 124 Å². The summed E-state index contributed by atoms with van der Waals surface area (Å²) < 4.78 is 13.6. The van der Waals surface area contributed by atoms with Crippen molar-refractivity contribution in [2.45, 2.75) is 32.2 Å². The molecule has 1 N–H and O–H groups in total. The molecule has 6 heteroatoms. The van der Waals surface area contributed by atoms with Gasteiger partial charge in [-0.3, -0.25) is 15.0 Å². The fourth-order valence-corrected chi connectivity index (χ4v) is 2.88. The Bertz CT molecular complexity index is 490. The maximum Gasteiger partial charge on any atom is 0.274 e. The first kappa shape index (κ1) is 15.9. The molecular formula is C15H22FN3O2. The molecule has 0 saturated carbocycles. The fraction of sp³-hybridized carbons (Fsp3) is 0.600. The first-order valence-electron chi connectivity index (χ1n) is 7.52. The molecule has 1 saturated heterocycles. The highest BCUT2D eigenvalue weighted by molar-refractivity contribution is 5.42. The number of nitro groups is 1. The quantitative estimate of drug-likeness (QED) is 0.647. The molecule has 0 aromatic heterocycles. The zero-order valence-electron chi connectivity index (χ0n) is 12.3. The monoisotopic (exact) mass is 295 g/mol. The van der Waals surface area contributed by atoms with Gasteiger partial charge in [0.2, 0.25) is 0 Å². The fourth-order valence-electron chi connectivity index (χ4n) is 2.88. The van der Waals surface area contributed by atoms with Crippen molar-refractivity contribution in [3.63, 3.8) is 0 Å². The van der Waals surface area contributed by atoms with E-state index in [0.717, 1.165) is 51.5 Å². The molecule has 0 radical (unpaired) electrons. The Hall–Kier alpha value is -1.53. The third kappa shape index (κ3) is 3.98. The van der Waals surface area contributed by atoms with E-state index >= 15 is 0 Å². The summed E-state index contributed by atoms with van der Waals surface area (Å²) in [6.07, 6.45) is 2.81. The number of nitrogens with one attached hydrogen (secondary N) is 1. The van der Waals surface area contributed by atoms with E-state index in [1.807, 2.05) is 0 Å². The van der Waals surface area contributed by atoms with E-state index in [9.17, 15) is 14.5 Å². The summed E-state index contributed by atoms with van der Waals surface area (Å²) in [6, 6.07) is 3.70. The number of piperazine rings is 1. The highest BCUT2D eigenvalue weighted by Crippen LogP contribution is 2.33. The van der Waals surface area contributed by atoms with Crippen molar-refractivity contribution in [2.24, 2.45) is 0 Å². The smallest absolute Gasteiger partial charge is 0.274 e. The van der Waals surface area contributed by atoms with Gasteiger partial charge in [0.1, 0.15) is 5.82 Å². The summed E-state index contributed by atoms with van der Waals surface area (Å²) in [5.74, 6) is -0.410. The van der Waals surface area contributed by atoms with E-state index in [-0.39, 0.29) is 11.7 Å². The molecule has 1 aliphatic heterocycles. The molecule has 1 atom stereocenters. The van der Waals surface area contributed by atoms with Gasteiger partial charge in [0.05, 0.1) is 4.92 Å². The average molecular weight is 295 g/mol. The molecule has 21 heavy (non-hydrogen) atoms. The van der Waals surface area contributed by atoms with Crippen molar-refractivity contribution >= 4 is 5.69 Å². The second-order valence-corrected chi connectivity index (χ2v) is 5.40. The largest absolute Gasteiger partial charge is 0.314 e. The molecule has 1 fully saturated rings. The van der Waals surface area contributed by atoms with Crippen molar-refractivity contribution in [1.29, 1.82) is 0 Å². The second-order valence-electron chi connectivity index (χ2n) is 5.40. The SMILES string of the molecule is CCCC[C@@H](c1cc(F)ccc1[N+](=O)[O-])N1CCNCC1. The zero-order chi connectivity index (χ0) is 15.2. The number of unbranched alkanes of at least 4 members (excludes halogenated alkanes) is 1. The van der Waals surface area contributed by atoms with Crippen molar-refractivity contribution in [2.75, 3.05) is 26.2 Å². The van der Waals surface area contributed by atoms with Crippen LogP contribution in [0.4, 0.5) is 10.1 Å². The van der Waals surface area contributed by atoms with E-state index in [4.69, 9.17) is 0 Å². The summed E-state index contributed by atoms with van der Waals surface area (Å²) in [6.45, 7) is 5.50. The topological polar surface area (TPSA) is 58.4 Å². The van der Waals surface area contributed by atoms with Gasteiger partial charge < -0.3 is 5.32 Å². The van der Waals surface area contributed by atoms with Crippen LogP contribution < -0.4 is 5.32 Å². The summed E-state index contributed by atoms with van der Waals surface area (Å²) in [4.78, 5) is 13.1. The molecule has 1 heterocycles. The van der Waals surface area contributed by atoms with Gasteiger partial charge in [-0.2, -0.15) is 0 Å². The number of hydrogen-bond donors (Lipinski definition) is 1. The number of benzene rings is 1. The predicted octanol–water partition coefficient (Wildman–Crippen LogP) is 2.87. The minimum Gasteiger partial charge on any atom is -0.314 e. The molecule has 0 bridgehead atoms. The van der Waals surface area contributed by atoms with Crippen LogP contribution in [0.1, 0.15) is 37.8 Å². The summed E-state index contributed by atoms with van der Waals surface area (Å²) in [5.41, 5.74) is 0.534. The van der Waals surface area contributed by atoms with Crippen molar-refractivity contribution in [3.8, 4) is 0 Å². The lowest BCUT2D eigenvalue weighted by atomic mass is 9.97. The Morgan fingerprint density at radius 1 is 1.43 bits per heavy atom. The molecule has 2 rings (SSSR count). The van der Waals surface area contributed by atoms with E-state index in [1.54, 1.807) is 0 Å². The van der Waals surface area contributed by atoms with Crippen LogP contribution in [0.15, 0.2) is 18.2 Å². The molecule has 1 aliphatic rings. The van der Waals surface area contributed by atoms with E-state index in [1.165, 1.54) is 12.1 Å². The molecular weight excluding hydrogens is 273 g/mol. The molecule has 0 spiro atoms. The number of nitro benzene ring substituents is 1. The lowest BCUT2D eigenvalue weighted by Gasteiger charge is -2.35. The van der Waals surface area contributed by atoms with E-state index in [0.29, 0.717) is 5.56 Å². The third-order valence-electron chi connectivity index (χ3n) is 3.97. The van der Waals surface area contributed by atoms with Gasteiger partial charge in [0, 0.05) is 43.9 Å². The van der Waals surface area contributed by atoms with Crippen molar-refractivity contribution < 1.29 is 9.31 Å². The van der Waals surface area contributed by atoms with Gasteiger partial charge in [-0.05, 0) is 18.6 Å². The molecule has 1 aromatic rings. The highest BCUT2D eigenvalue weighted by Gasteiger charge is 2.28. The molecule has 0 aliphatic carbocycles. The predicted molar refractivity (Wildman–Crippen MR) is 79.8 cm³/mol. The van der Waals surface area contributed by atoms with Crippen LogP contribution in [0.2, 0.25) is 0 Å². The number of hydrogen-bond acceptors (Lipinski definition) is 4. The van der Waals surface area contributed by atoms with Crippen molar-refractivity contribution in [1.82, 2.24) is 10.2 Å². The standard InChI is InChI=1S/C15H22FN3O2/c1-2-3-4-14(18-9-7-17-8-10-18)13-11-12(16)5-6-15(13)19(20)21/h5-6,11,14,17H,2-4,7-10H2,1H3/t14-/m0/s1. The maximum absolute atomic E-state index is 13.6. The first-order valence-corrected chi connectivity index (χ1v) is 7.52. The number of nitrogens with zero attached hydrogens (tertiary/aromatic N) is 2. The lowest BCUT2D eigenvalue weighted by molar-refractivity contribution is -0.386. The van der Waals surface area contributed by atoms with Gasteiger partial charge in [0.15, 0.2) is 0 Å². The van der Waals surface area contributed by atoms with E-state index in [2.05, 4.69) is 17.1 Å². The van der Waals surface area contributed by atoms with E-state index < -0.39 is 10.7 Å². The molecule has 1 aromatic carbocycles. The third-order valence-corrected chi connectivity index (χ3v) is 3.97. The van der Waals surface area contributed by atoms with Gasteiger partial charge in [-0.1, -0.05) is 19.8 Å². The summed E-state index contributed by atoms with van der Waals surface area (Å²) in [7, 11) is 0. The Kier molecular flexibility index (Phi) is 5.64. The Balaban J connectivity index is 2.34. The van der Waals surface area contributed by atoms with Gasteiger partial charge in [-0.15, -0.1) is 0 Å². The second kappa shape index (κ2) is 7.47.